The Kier molecular flexibility index (Phi) is 6.63. The largest absolute Gasteiger partial charge is 0.502 e. The Labute approximate surface area is 188 Å². The van der Waals surface area contributed by atoms with Crippen LogP contribution in [0.3, 0.4) is 0 Å². The average Bonchev–Trinajstić information content (AvgIpc) is 2.70. The molecule has 3 rings (SSSR count). The van der Waals surface area contributed by atoms with Gasteiger partial charge in [0, 0.05) is 38.0 Å². The third kappa shape index (κ3) is 5.11. The Bertz CT molecular complexity index is 1180. The van der Waals surface area contributed by atoms with E-state index in [1.807, 2.05) is 13.0 Å². The van der Waals surface area contributed by atoms with E-state index in [1.165, 1.54) is 18.3 Å². The number of carbonyl (C=O) groups excluding carboxylic acids is 1. The van der Waals surface area contributed by atoms with E-state index >= 15 is 0 Å². The third-order valence-electron chi connectivity index (χ3n) is 4.17. The Hall–Kier alpha value is -3.04. The van der Waals surface area contributed by atoms with Gasteiger partial charge in [-0.2, -0.15) is 0 Å². The second-order valence-electron chi connectivity index (χ2n) is 6.35. The normalized spacial score (nSPS) is 10.9. The van der Waals surface area contributed by atoms with Crippen molar-refractivity contribution in [2.24, 2.45) is 4.99 Å². The number of rotatable bonds is 5. The monoisotopic (exact) mass is 531 g/mol. The molecule has 0 aromatic heterocycles. The summed E-state index contributed by atoms with van der Waals surface area (Å²) in [6.07, 6.45) is 1.32. The van der Waals surface area contributed by atoms with Crippen LogP contribution in [0.25, 0.3) is 0 Å². The molecule has 0 aliphatic carbocycles. The highest BCUT2D eigenvalue weighted by molar-refractivity contribution is 9.10. The topological polar surface area (TPSA) is 105 Å². The van der Waals surface area contributed by atoms with Gasteiger partial charge in [0.15, 0.2) is 0 Å². The van der Waals surface area contributed by atoms with Crippen LogP contribution < -0.4 is 5.32 Å². The van der Waals surface area contributed by atoms with Crippen molar-refractivity contribution >= 4 is 61.0 Å². The number of aliphatic imine (C=N–C) groups is 1. The van der Waals surface area contributed by atoms with Crippen LogP contribution in [0, 0.1) is 17.0 Å². The van der Waals surface area contributed by atoms with E-state index in [2.05, 4.69) is 42.2 Å². The zero-order chi connectivity index (χ0) is 21.8. The summed E-state index contributed by atoms with van der Waals surface area (Å²) in [6.45, 7) is 1.94. The van der Waals surface area contributed by atoms with Gasteiger partial charge in [-0.05, 0) is 48.9 Å². The summed E-state index contributed by atoms with van der Waals surface area (Å²) in [7, 11) is 0. The number of nitro benzene ring substituents is 1. The van der Waals surface area contributed by atoms with Crippen LogP contribution in [-0.4, -0.2) is 22.2 Å². The number of carbonyl (C=O) groups is 1. The smallest absolute Gasteiger partial charge is 0.312 e. The maximum atomic E-state index is 12.5. The van der Waals surface area contributed by atoms with Gasteiger partial charge in [0.25, 0.3) is 5.91 Å². The molecule has 1 amide bonds. The number of nitrogens with zero attached hydrogens (tertiary/aromatic N) is 2. The fourth-order valence-electron chi connectivity index (χ4n) is 2.59. The highest BCUT2D eigenvalue weighted by Crippen LogP contribution is 2.33. The lowest BCUT2D eigenvalue weighted by Gasteiger charge is -2.07. The van der Waals surface area contributed by atoms with Crippen molar-refractivity contribution in [2.45, 2.75) is 6.92 Å². The second kappa shape index (κ2) is 9.19. The maximum Gasteiger partial charge on any atom is 0.312 e. The zero-order valence-electron chi connectivity index (χ0n) is 15.6. The van der Waals surface area contributed by atoms with Crippen LogP contribution in [0.15, 0.2) is 68.5 Å². The molecule has 3 aromatic rings. The standard InChI is InChI=1S/C21H15Br2N3O4/c1-12-5-6-13(8-18(12)23)21(28)25-17-4-2-3-16(10-17)24-11-14-7-15(22)9-19(20(14)27)26(29)30/h2-11,27H,1H3,(H,25,28). The fraction of sp³-hybridized carbons (Fsp3) is 0.0476. The predicted octanol–water partition coefficient (Wildman–Crippen LogP) is 6.14. The minimum atomic E-state index is -0.670. The summed E-state index contributed by atoms with van der Waals surface area (Å²) in [4.78, 5) is 27.1. The van der Waals surface area contributed by atoms with Crippen LogP contribution in [-0.2, 0) is 0 Å². The first-order valence-electron chi connectivity index (χ1n) is 8.63. The van der Waals surface area contributed by atoms with Crippen molar-refractivity contribution in [2.75, 3.05) is 5.32 Å². The molecule has 0 bridgehead atoms. The van der Waals surface area contributed by atoms with E-state index in [-0.39, 0.29) is 11.5 Å². The summed E-state index contributed by atoms with van der Waals surface area (Å²) in [5, 5.41) is 23.9. The third-order valence-corrected chi connectivity index (χ3v) is 5.48. The van der Waals surface area contributed by atoms with Gasteiger partial charge in [0.1, 0.15) is 0 Å². The van der Waals surface area contributed by atoms with Crippen molar-refractivity contribution in [3.63, 3.8) is 0 Å². The Morgan fingerprint density at radius 2 is 1.93 bits per heavy atom. The van der Waals surface area contributed by atoms with E-state index in [1.54, 1.807) is 36.4 Å². The molecule has 0 unspecified atom stereocenters. The van der Waals surface area contributed by atoms with E-state index < -0.39 is 16.4 Å². The minimum Gasteiger partial charge on any atom is -0.502 e. The molecule has 0 fully saturated rings. The molecule has 152 valence electrons. The van der Waals surface area contributed by atoms with Crippen LogP contribution >= 0.6 is 31.9 Å². The van der Waals surface area contributed by atoms with Crippen LogP contribution in [0.2, 0.25) is 0 Å². The summed E-state index contributed by atoms with van der Waals surface area (Å²) < 4.78 is 1.29. The van der Waals surface area contributed by atoms with Gasteiger partial charge < -0.3 is 10.4 Å². The van der Waals surface area contributed by atoms with Crippen molar-refractivity contribution in [1.29, 1.82) is 0 Å². The number of nitro groups is 1. The van der Waals surface area contributed by atoms with E-state index in [0.717, 1.165) is 10.0 Å². The number of hydrogen-bond donors (Lipinski definition) is 2. The molecule has 0 radical (unpaired) electrons. The Morgan fingerprint density at radius 1 is 1.17 bits per heavy atom. The van der Waals surface area contributed by atoms with Crippen molar-refractivity contribution in [3.8, 4) is 5.75 Å². The second-order valence-corrected chi connectivity index (χ2v) is 8.12. The van der Waals surface area contributed by atoms with Gasteiger partial charge in [0.2, 0.25) is 5.75 Å². The number of nitrogens with one attached hydrogen (secondary N) is 1. The summed E-state index contributed by atoms with van der Waals surface area (Å²) in [5.74, 6) is -0.738. The first kappa shape index (κ1) is 21.7. The molecule has 3 aromatic carbocycles. The molecule has 2 N–H and O–H groups in total. The molecule has 0 aliphatic rings. The summed E-state index contributed by atoms with van der Waals surface area (Å²) in [6, 6.07) is 14.9. The number of hydrogen-bond acceptors (Lipinski definition) is 5. The van der Waals surface area contributed by atoms with Gasteiger partial charge in [-0.3, -0.25) is 19.9 Å². The van der Waals surface area contributed by atoms with Crippen molar-refractivity contribution in [1.82, 2.24) is 0 Å². The predicted molar refractivity (Wildman–Crippen MR) is 123 cm³/mol. The SMILES string of the molecule is Cc1ccc(C(=O)Nc2cccc(N=Cc3cc(Br)cc([N+](=O)[O-])c3O)c2)cc1Br. The highest BCUT2D eigenvalue weighted by atomic mass is 79.9. The number of phenols is 1. The van der Waals surface area contributed by atoms with Gasteiger partial charge in [-0.15, -0.1) is 0 Å². The van der Waals surface area contributed by atoms with Crippen molar-refractivity contribution in [3.05, 3.63) is 90.3 Å². The molecular weight excluding hydrogens is 518 g/mol. The van der Waals surface area contributed by atoms with E-state index in [0.29, 0.717) is 21.4 Å². The maximum absolute atomic E-state index is 12.5. The number of anilines is 1. The molecule has 9 heteroatoms. The number of aryl methyl sites for hydroxylation is 1. The lowest BCUT2D eigenvalue weighted by molar-refractivity contribution is -0.385. The number of aromatic hydroxyl groups is 1. The lowest BCUT2D eigenvalue weighted by atomic mass is 10.1. The van der Waals surface area contributed by atoms with Gasteiger partial charge in [0.05, 0.1) is 10.6 Å². The van der Waals surface area contributed by atoms with E-state index in [4.69, 9.17) is 0 Å². The van der Waals surface area contributed by atoms with Crippen molar-refractivity contribution < 1.29 is 14.8 Å². The molecule has 0 saturated carbocycles. The molecule has 0 atom stereocenters. The summed E-state index contributed by atoms with van der Waals surface area (Å²) >= 11 is 6.60. The van der Waals surface area contributed by atoms with Gasteiger partial charge >= 0.3 is 5.69 Å². The van der Waals surface area contributed by atoms with E-state index in [9.17, 15) is 20.0 Å². The fourth-order valence-corrected chi connectivity index (χ4v) is 3.43. The van der Waals surface area contributed by atoms with Crippen LogP contribution in [0.4, 0.5) is 17.1 Å². The molecule has 0 saturated heterocycles. The molecule has 30 heavy (non-hydrogen) atoms. The number of amides is 1. The van der Waals surface area contributed by atoms with Crippen LogP contribution in [0.5, 0.6) is 5.75 Å². The number of halogens is 2. The molecule has 0 spiro atoms. The van der Waals surface area contributed by atoms with Crippen LogP contribution in [0.1, 0.15) is 21.5 Å². The molecule has 0 aliphatic heterocycles. The van der Waals surface area contributed by atoms with Gasteiger partial charge in [-0.1, -0.05) is 44.0 Å². The first-order valence-corrected chi connectivity index (χ1v) is 10.2. The molecule has 7 nitrogen and oxygen atoms in total. The minimum absolute atomic E-state index is 0.190. The Morgan fingerprint density at radius 3 is 2.63 bits per heavy atom. The zero-order valence-corrected chi connectivity index (χ0v) is 18.8. The Balaban J connectivity index is 1.81. The lowest BCUT2D eigenvalue weighted by Crippen LogP contribution is -2.11. The molecular formula is C21H15Br2N3O4. The van der Waals surface area contributed by atoms with Gasteiger partial charge in [-0.25, -0.2) is 0 Å². The number of benzene rings is 3. The quantitative estimate of drug-likeness (QED) is 0.234. The highest BCUT2D eigenvalue weighted by Gasteiger charge is 2.17. The average molecular weight is 533 g/mol. The first-order chi connectivity index (χ1) is 14.2. The summed E-state index contributed by atoms with van der Waals surface area (Å²) in [5.41, 5.74) is 2.34. The molecule has 0 heterocycles. The number of phenolic OH excluding ortho intramolecular Hbond substituents is 1.